The Balaban J connectivity index is 1.76. The second-order valence-electron chi connectivity index (χ2n) is 7.06. The van der Waals surface area contributed by atoms with Gasteiger partial charge in [0, 0.05) is 25.8 Å². The predicted molar refractivity (Wildman–Crippen MR) is 127 cm³/mol. The van der Waals surface area contributed by atoms with Gasteiger partial charge in [0.15, 0.2) is 11.0 Å². The molecule has 2 aromatic carbocycles. The van der Waals surface area contributed by atoms with Gasteiger partial charge in [-0.1, -0.05) is 53.2 Å². The van der Waals surface area contributed by atoms with Gasteiger partial charge in [0.2, 0.25) is 5.91 Å². The Hall–Kier alpha value is -2.06. The van der Waals surface area contributed by atoms with Gasteiger partial charge in [-0.3, -0.25) is 4.79 Å². The average Bonchev–Trinajstić information content (AvgIpc) is 3.12. The lowest BCUT2D eigenvalue weighted by Crippen LogP contribution is -2.16. The first-order valence-electron chi connectivity index (χ1n) is 9.77. The van der Waals surface area contributed by atoms with Crippen molar-refractivity contribution in [2.75, 3.05) is 24.8 Å². The molecule has 0 aliphatic carbocycles. The first kappa shape index (κ1) is 23.6. The molecule has 1 amide bonds. The summed E-state index contributed by atoms with van der Waals surface area (Å²) in [6.07, 6.45) is 0.782. The number of nitrogens with zero attached hydrogens (tertiary/aromatic N) is 3. The van der Waals surface area contributed by atoms with Crippen molar-refractivity contribution in [1.29, 1.82) is 0 Å². The number of rotatable bonds is 9. The van der Waals surface area contributed by atoms with Crippen LogP contribution in [0.1, 0.15) is 17.5 Å². The second kappa shape index (κ2) is 11.0. The summed E-state index contributed by atoms with van der Waals surface area (Å²) < 4.78 is 7.16. The number of amides is 1. The number of halogens is 2. The smallest absolute Gasteiger partial charge is 0.234 e. The first-order valence-corrected chi connectivity index (χ1v) is 11.5. The summed E-state index contributed by atoms with van der Waals surface area (Å²) in [4.78, 5) is 12.6. The van der Waals surface area contributed by atoms with E-state index < -0.39 is 0 Å². The van der Waals surface area contributed by atoms with Gasteiger partial charge >= 0.3 is 0 Å². The number of aromatic nitrogens is 3. The van der Waals surface area contributed by atoms with E-state index in [1.807, 2.05) is 54.8 Å². The van der Waals surface area contributed by atoms with Crippen LogP contribution in [0, 0.1) is 13.8 Å². The van der Waals surface area contributed by atoms with E-state index in [0.29, 0.717) is 39.9 Å². The van der Waals surface area contributed by atoms with E-state index in [1.54, 1.807) is 7.11 Å². The summed E-state index contributed by atoms with van der Waals surface area (Å²) in [7, 11) is 1.67. The van der Waals surface area contributed by atoms with Crippen LogP contribution in [-0.4, -0.2) is 40.1 Å². The number of aryl methyl sites for hydroxylation is 2. The van der Waals surface area contributed by atoms with Gasteiger partial charge < -0.3 is 14.6 Å². The van der Waals surface area contributed by atoms with E-state index in [2.05, 4.69) is 15.5 Å². The highest BCUT2D eigenvalue weighted by Gasteiger charge is 2.18. The molecular weight excluding hydrogens is 455 g/mol. The molecule has 0 radical (unpaired) electrons. The molecule has 31 heavy (non-hydrogen) atoms. The van der Waals surface area contributed by atoms with Crippen LogP contribution in [0.15, 0.2) is 41.6 Å². The number of carbonyl (C=O) groups is 1. The van der Waals surface area contributed by atoms with E-state index in [1.165, 1.54) is 11.8 Å². The number of methoxy groups -OCH3 is 1. The Bertz CT molecular complexity index is 1050. The fourth-order valence-electron chi connectivity index (χ4n) is 3.19. The van der Waals surface area contributed by atoms with Crippen LogP contribution in [0.2, 0.25) is 10.0 Å². The molecule has 1 aromatic heterocycles. The second-order valence-corrected chi connectivity index (χ2v) is 8.82. The minimum Gasteiger partial charge on any atom is -0.385 e. The summed E-state index contributed by atoms with van der Waals surface area (Å²) in [6.45, 7) is 5.14. The van der Waals surface area contributed by atoms with Crippen LogP contribution >= 0.6 is 35.0 Å². The van der Waals surface area contributed by atoms with Gasteiger partial charge in [-0.05, 0) is 49.6 Å². The molecule has 0 atom stereocenters. The zero-order chi connectivity index (χ0) is 22.4. The van der Waals surface area contributed by atoms with Crippen LogP contribution in [0.4, 0.5) is 5.69 Å². The minimum absolute atomic E-state index is 0.162. The molecule has 0 spiro atoms. The fourth-order valence-corrected chi connectivity index (χ4v) is 4.54. The molecular formula is C22H24Cl2N4O2S. The predicted octanol–water partition coefficient (Wildman–Crippen LogP) is 5.64. The van der Waals surface area contributed by atoms with E-state index in [-0.39, 0.29) is 11.7 Å². The van der Waals surface area contributed by atoms with Crippen LogP contribution in [0.5, 0.6) is 0 Å². The number of carbonyl (C=O) groups excluding carboxylic acids is 1. The maximum absolute atomic E-state index is 12.6. The van der Waals surface area contributed by atoms with Crippen molar-refractivity contribution in [2.24, 2.45) is 0 Å². The summed E-state index contributed by atoms with van der Waals surface area (Å²) in [5.41, 5.74) is 3.40. The molecule has 0 fully saturated rings. The van der Waals surface area contributed by atoms with Crippen LogP contribution in [0.3, 0.4) is 0 Å². The normalized spacial score (nSPS) is 11.0. The quantitative estimate of drug-likeness (QED) is 0.318. The molecule has 164 valence electrons. The fraction of sp³-hybridized carbons (Fsp3) is 0.318. The van der Waals surface area contributed by atoms with Gasteiger partial charge in [-0.15, -0.1) is 10.2 Å². The molecule has 0 saturated heterocycles. The van der Waals surface area contributed by atoms with Crippen molar-refractivity contribution >= 4 is 46.6 Å². The van der Waals surface area contributed by atoms with Gasteiger partial charge in [0.05, 0.1) is 21.5 Å². The number of benzene rings is 2. The molecule has 6 nitrogen and oxygen atoms in total. The summed E-state index contributed by atoms with van der Waals surface area (Å²) >= 11 is 14.0. The third kappa shape index (κ3) is 6.01. The van der Waals surface area contributed by atoms with Gasteiger partial charge in [0.1, 0.15) is 0 Å². The van der Waals surface area contributed by atoms with E-state index in [0.717, 1.165) is 23.1 Å². The van der Waals surface area contributed by atoms with Gasteiger partial charge in [0.25, 0.3) is 0 Å². The van der Waals surface area contributed by atoms with Gasteiger partial charge in [-0.2, -0.15) is 0 Å². The summed E-state index contributed by atoms with van der Waals surface area (Å²) in [5.74, 6) is 0.681. The van der Waals surface area contributed by atoms with Crippen LogP contribution in [0.25, 0.3) is 11.4 Å². The number of ether oxygens (including phenoxy) is 1. The third-order valence-corrected chi connectivity index (χ3v) is 6.18. The maximum atomic E-state index is 12.6. The van der Waals surface area contributed by atoms with E-state index >= 15 is 0 Å². The van der Waals surface area contributed by atoms with Gasteiger partial charge in [-0.25, -0.2) is 0 Å². The molecule has 1 heterocycles. The molecule has 0 aliphatic heterocycles. The SMILES string of the molecule is COCCCn1c(SCC(=O)Nc2c(C)cc(C)cc2Cl)nnc1-c1ccccc1Cl. The highest BCUT2D eigenvalue weighted by atomic mass is 35.5. The average molecular weight is 479 g/mol. The highest BCUT2D eigenvalue weighted by Crippen LogP contribution is 2.30. The number of hydrogen-bond donors (Lipinski definition) is 1. The lowest BCUT2D eigenvalue weighted by Gasteiger charge is -2.12. The first-order chi connectivity index (χ1) is 14.9. The van der Waals surface area contributed by atoms with Crippen molar-refractivity contribution in [3.05, 3.63) is 57.6 Å². The van der Waals surface area contributed by atoms with E-state index in [9.17, 15) is 4.79 Å². The molecule has 0 unspecified atom stereocenters. The summed E-state index contributed by atoms with van der Waals surface area (Å²) in [5, 5.41) is 13.3. The molecule has 0 bridgehead atoms. The lowest BCUT2D eigenvalue weighted by molar-refractivity contribution is -0.113. The Morgan fingerprint density at radius 2 is 1.94 bits per heavy atom. The lowest BCUT2D eigenvalue weighted by atomic mass is 10.1. The topological polar surface area (TPSA) is 69.0 Å². The Morgan fingerprint density at radius 1 is 1.16 bits per heavy atom. The summed E-state index contributed by atoms with van der Waals surface area (Å²) in [6, 6.07) is 11.3. The zero-order valence-electron chi connectivity index (χ0n) is 17.6. The standard InChI is InChI=1S/C22H24Cl2N4O2S/c1-14-11-15(2)20(18(24)12-14)25-19(29)13-31-22-27-26-21(28(22)9-6-10-30-3)16-7-4-5-8-17(16)23/h4-5,7-8,11-12H,6,9-10,13H2,1-3H3,(H,25,29). The monoisotopic (exact) mass is 478 g/mol. The maximum Gasteiger partial charge on any atom is 0.234 e. The molecule has 9 heteroatoms. The van der Waals surface area contributed by atoms with E-state index in [4.69, 9.17) is 27.9 Å². The Labute approximate surface area is 196 Å². The Kier molecular flexibility index (Phi) is 8.37. The zero-order valence-corrected chi connectivity index (χ0v) is 19.9. The van der Waals surface area contributed by atoms with Crippen molar-refractivity contribution in [1.82, 2.24) is 14.8 Å². The molecule has 0 saturated carbocycles. The number of nitrogens with one attached hydrogen (secondary N) is 1. The van der Waals surface area contributed by atoms with Crippen LogP contribution in [-0.2, 0) is 16.1 Å². The molecule has 3 aromatic rings. The van der Waals surface area contributed by atoms with Crippen molar-refractivity contribution in [3.8, 4) is 11.4 Å². The Morgan fingerprint density at radius 3 is 2.65 bits per heavy atom. The van der Waals surface area contributed by atoms with Crippen molar-refractivity contribution < 1.29 is 9.53 Å². The third-order valence-electron chi connectivity index (χ3n) is 4.59. The largest absolute Gasteiger partial charge is 0.385 e. The molecule has 0 aliphatic rings. The number of hydrogen-bond acceptors (Lipinski definition) is 5. The van der Waals surface area contributed by atoms with Crippen molar-refractivity contribution in [2.45, 2.75) is 32.0 Å². The number of anilines is 1. The number of thioether (sulfide) groups is 1. The molecule has 1 N–H and O–H groups in total. The highest BCUT2D eigenvalue weighted by molar-refractivity contribution is 7.99. The minimum atomic E-state index is -0.162. The molecule has 3 rings (SSSR count). The van der Waals surface area contributed by atoms with Crippen molar-refractivity contribution in [3.63, 3.8) is 0 Å². The van der Waals surface area contributed by atoms with Crippen LogP contribution < -0.4 is 5.32 Å².